The smallest absolute Gasteiger partial charge is 0.279 e. The van der Waals surface area contributed by atoms with Crippen LogP contribution in [0.3, 0.4) is 0 Å². The van der Waals surface area contributed by atoms with E-state index in [2.05, 4.69) is 15.0 Å². The van der Waals surface area contributed by atoms with E-state index >= 15 is 0 Å². The molecule has 0 spiro atoms. The Morgan fingerprint density at radius 1 is 1.12 bits per heavy atom. The van der Waals surface area contributed by atoms with Crippen molar-refractivity contribution in [3.63, 3.8) is 0 Å². The van der Waals surface area contributed by atoms with E-state index in [-0.39, 0.29) is 18.1 Å². The fourth-order valence-electron chi connectivity index (χ4n) is 3.90. The molecular weight excluding hydrogens is 425 g/mol. The molecule has 1 atom stereocenters. The number of fused-ring (bicyclic) bond motifs is 2. The molecule has 0 radical (unpaired) electrons. The van der Waals surface area contributed by atoms with Crippen LogP contribution >= 0.6 is 0 Å². The van der Waals surface area contributed by atoms with Crippen molar-refractivity contribution in [3.05, 3.63) is 94.5 Å². The number of pyridine rings is 3. The Balaban J connectivity index is 1.63. The molecule has 8 nitrogen and oxygen atoms in total. The molecule has 5 rings (SSSR count). The van der Waals surface area contributed by atoms with Gasteiger partial charge >= 0.3 is 0 Å². The maximum Gasteiger partial charge on any atom is 0.279 e. The van der Waals surface area contributed by atoms with Gasteiger partial charge in [0.25, 0.3) is 6.02 Å². The van der Waals surface area contributed by atoms with Crippen LogP contribution in [0.25, 0.3) is 22.4 Å². The summed E-state index contributed by atoms with van der Waals surface area (Å²) in [5.74, 6) is 0.134. The molecule has 4 heterocycles. The molecule has 164 valence electrons. The van der Waals surface area contributed by atoms with Crippen LogP contribution in [0.5, 0.6) is 11.5 Å². The number of amidine groups is 1. The summed E-state index contributed by atoms with van der Waals surface area (Å²) < 4.78 is 25.8. The molecule has 1 aliphatic rings. The van der Waals surface area contributed by atoms with Gasteiger partial charge in [-0.05, 0) is 42.0 Å². The number of H-pyrrole nitrogens is 1. The third kappa shape index (κ3) is 3.91. The van der Waals surface area contributed by atoms with E-state index in [0.29, 0.717) is 33.9 Å². The summed E-state index contributed by atoms with van der Waals surface area (Å²) in [4.78, 5) is 22.5. The second kappa shape index (κ2) is 8.19. The van der Waals surface area contributed by atoms with Gasteiger partial charge in [0, 0.05) is 40.7 Å². The molecular formula is C24H18FN5O3. The minimum absolute atomic E-state index is 0.0660. The Morgan fingerprint density at radius 2 is 1.97 bits per heavy atom. The summed E-state index contributed by atoms with van der Waals surface area (Å²) in [5.41, 5.74) is 8.90. The number of aromatic nitrogens is 3. The Hall–Kier alpha value is -4.53. The molecule has 1 aromatic carbocycles. The number of aromatic amines is 1. The maximum absolute atomic E-state index is 14.3. The van der Waals surface area contributed by atoms with E-state index in [9.17, 15) is 9.18 Å². The van der Waals surface area contributed by atoms with E-state index in [4.69, 9.17) is 20.6 Å². The number of nitrogens with one attached hydrogen (secondary N) is 2. The molecule has 0 bridgehead atoms. The molecule has 1 unspecified atom stereocenters. The van der Waals surface area contributed by atoms with Crippen LogP contribution < -0.4 is 16.0 Å². The zero-order valence-electron chi connectivity index (χ0n) is 17.2. The minimum atomic E-state index is -0.577. The molecule has 0 saturated carbocycles. The highest BCUT2D eigenvalue weighted by Crippen LogP contribution is 2.46. The van der Waals surface area contributed by atoms with Crippen LogP contribution in [0.2, 0.25) is 0 Å². The van der Waals surface area contributed by atoms with Crippen molar-refractivity contribution in [2.75, 3.05) is 6.61 Å². The number of halogens is 1. The van der Waals surface area contributed by atoms with Gasteiger partial charge in [-0.15, -0.1) is 0 Å². The van der Waals surface area contributed by atoms with Gasteiger partial charge in [0.2, 0.25) is 11.5 Å². The molecule has 1 aliphatic heterocycles. The van der Waals surface area contributed by atoms with Gasteiger partial charge in [0.05, 0.1) is 17.8 Å². The number of hydrogen-bond donors (Lipinski definition) is 3. The average molecular weight is 443 g/mol. The first-order valence-electron chi connectivity index (χ1n) is 10.1. The summed E-state index contributed by atoms with van der Waals surface area (Å²) >= 11 is 0. The topological polar surface area (TPSA) is 127 Å². The van der Waals surface area contributed by atoms with Crippen molar-refractivity contribution in [3.8, 4) is 33.9 Å². The Kier molecular flexibility index (Phi) is 5.06. The van der Waals surface area contributed by atoms with Crippen LogP contribution in [0.15, 0.2) is 71.9 Å². The third-order valence-corrected chi connectivity index (χ3v) is 5.42. The lowest BCUT2D eigenvalue weighted by Gasteiger charge is -2.28. The van der Waals surface area contributed by atoms with Crippen molar-refractivity contribution in [2.45, 2.75) is 5.92 Å². The highest BCUT2D eigenvalue weighted by atomic mass is 19.1. The van der Waals surface area contributed by atoms with Crippen molar-refractivity contribution in [2.24, 2.45) is 5.73 Å². The predicted molar refractivity (Wildman–Crippen MR) is 120 cm³/mol. The van der Waals surface area contributed by atoms with Crippen LogP contribution in [-0.4, -0.2) is 27.6 Å². The molecule has 0 amide bonds. The average Bonchev–Trinajstić information content (AvgIpc) is 2.81. The van der Waals surface area contributed by atoms with E-state index < -0.39 is 12.0 Å². The standard InChI is InChI=1S/C24H18FN5O3/c25-23-15(2-1-6-29-23)13-3-4-20-16(8-13)18(12-32-24(26)27)17-10-19(30-11-21(17)33-20)14-5-7-28-22(31)9-14/h1-11,18H,12H2,(H3,26,27)(H,28,31). The SMILES string of the molecule is N=C(N)OCC1c2cc(-c3cccnc3F)ccc2Oc2cnc(-c3cc[nH]c(=O)c3)cc21. The highest BCUT2D eigenvalue weighted by Gasteiger charge is 2.30. The zero-order chi connectivity index (χ0) is 22.9. The number of rotatable bonds is 4. The monoisotopic (exact) mass is 443 g/mol. The fraction of sp³-hybridized carbons (Fsp3) is 0.0833. The largest absolute Gasteiger partial charge is 0.465 e. The number of benzene rings is 1. The Morgan fingerprint density at radius 3 is 2.76 bits per heavy atom. The first-order chi connectivity index (χ1) is 16.0. The zero-order valence-corrected chi connectivity index (χ0v) is 17.2. The van der Waals surface area contributed by atoms with Crippen molar-refractivity contribution in [1.82, 2.24) is 15.0 Å². The second-order valence-corrected chi connectivity index (χ2v) is 7.47. The summed E-state index contributed by atoms with van der Waals surface area (Å²) in [7, 11) is 0. The maximum atomic E-state index is 14.3. The Labute approximate surface area is 187 Å². The van der Waals surface area contributed by atoms with E-state index in [0.717, 1.165) is 11.1 Å². The minimum Gasteiger partial charge on any atom is -0.465 e. The number of nitrogens with zero attached hydrogens (tertiary/aromatic N) is 2. The summed E-state index contributed by atoms with van der Waals surface area (Å²) in [6, 6.07) is 13.3. The van der Waals surface area contributed by atoms with Gasteiger partial charge in [-0.2, -0.15) is 4.39 Å². The summed E-state index contributed by atoms with van der Waals surface area (Å²) in [6.45, 7) is 0.0660. The number of ether oxygens (including phenoxy) is 2. The van der Waals surface area contributed by atoms with E-state index in [1.165, 1.54) is 12.3 Å². The van der Waals surface area contributed by atoms with Crippen molar-refractivity contribution >= 4 is 6.02 Å². The number of nitrogens with two attached hydrogens (primary N) is 1. The van der Waals surface area contributed by atoms with Gasteiger partial charge in [0.1, 0.15) is 18.1 Å². The number of hydrogen-bond acceptors (Lipinski definition) is 6. The lowest BCUT2D eigenvalue weighted by atomic mass is 9.86. The van der Waals surface area contributed by atoms with Gasteiger partial charge in [-0.1, -0.05) is 6.07 Å². The van der Waals surface area contributed by atoms with Crippen LogP contribution in [0.1, 0.15) is 17.0 Å². The summed E-state index contributed by atoms with van der Waals surface area (Å²) in [5, 5.41) is 7.50. The van der Waals surface area contributed by atoms with Crippen LogP contribution in [-0.2, 0) is 4.74 Å². The molecule has 0 aliphatic carbocycles. The molecule has 33 heavy (non-hydrogen) atoms. The van der Waals surface area contributed by atoms with Gasteiger partial charge in [0.15, 0.2) is 0 Å². The van der Waals surface area contributed by atoms with Crippen LogP contribution in [0.4, 0.5) is 4.39 Å². The Bertz CT molecular complexity index is 1440. The molecule has 4 aromatic rings. The van der Waals surface area contributed by atoms with Crippen molar-refractivity contribution in [1.29, 1.82) is 5.41 Å². The van der Waals surface area contributed by atoms with Gasteiger partial charge in [-0.3, -0.25) is 15.2 Å². The normalized spacial score (nSPS) is 14.0. The lowest BCUT2D eigenvalue weighted by molar-refractivity contribution is 0.274. The molecule has 0 saturated heterocycles. The van der Waals surface area contributed by atoms with Crippen LogP contribution in [0, 0.1) is 11.4 Å². The molecule has 3 aromatic heterocycles. The first-order valence-corrected chi connectivity index (χ1v) is 10.1. The summed E-state index contributed by atoms with van der Waals surface area (Å²) in [6.07, 6.45) is 4.53. The molecule has 0 fully saturated rings. The second-order valence-electron chi connectivity index (χ2n) is 7.47. The molecule has 4 N–H and O–H groups in total. The lowest BCUT2D eigenvalue weighted by Crippen LogP contribution is -2.22. The van der Waals surface area contributed by atoms with E-state index in [1.54, 1.807) is 42.7 Å². The predicted octanol–water partition coefficient (Wildman–Crippen LogP) is 3.79. The van der Waals surface area contributed by atoms with Gasteiger partial charge in [-0.25, -0.2) is 4.98 Å². The first kappa shape index (κ1) is 20.4. The van der Waals surface area contributed by atoms with Gasteiger partial charge < -0.3 is 20.2 Å². The fourth-order valence-corrected chi connectivity index (χ4v) is 3.90. The quantitative estimate of drug-likeness (QED) is 0.250. The van der Waals surface area contributed by atoms with Crippen molar-refractivity contribution < 1.29 is 13.9 Å². The van der Waals surface area contributed by atoms with E-state index in [1.807, 2.05) is 12.1 Å². The third-order valence-electron chi connectivity index (χ3n) is 5.42. The molecule has 9 heteroatoms. The highest BCUT2D eigenvalue weighted by molar-refractivity contribution is 5.70.